The highest BCUT2D eigenvalue weighted by atomic mass is 19.4. The fourth-order valence-corrected chi connectivity index (χ4v) is 3.83. The van der Waals surface area contributed by atoms with E-state index < -0.39 is 12.6 Å². The first-order valence-electron chi connectivity index (χ1n) is 10.3. The number of amides is 1. The molecular weight excluding hydrogens is 357 g/mol. The Hall–Kier alpha value is -1.47. The van der Waals surface area contributed by atoms with Crippen LogP contribution < -0.4 is 10.6 Å². The Morgan fingerprint density at radius 1 is 1.15 bits per heavy atom. The van der Waals surface area contributed by atoms with Gasteiger partial charge in [-0.1, -0.05) is 19.3 Å². The summed E-state index contributed by atoms with van der Waals surface area (Å²) in [6, 6.07) is 0.144. The molecule has 0 aromatic carbocycles. The first kappa shape index (κ1) is 21.8. The minimum Gasteiger partial charge on any atom is -0.357 e. The van der Waals surface area contributed by atoms with Crippen LogP contribution in [0.4, 0.5) is 13.2 Å². The van der Waals surface area contributed by atoms with Gasteiger partial charge in [-0.2, -0.15) is 13.2 Å². The van der Waals surface area contributed by atoms with Gasteiger partial charge in [-0.05, 0) is 39.0 Å². The topological polar surface area (TPSA) is 56.7 Å². The lowest BCUT2D eigenvalue weighted by Crippen LogP contribution is -2.45. The highest BCUT2D eigenvalue weighted by Crippen LogP contribution is 2.26. The fourth-order valence-electron chi connectivity index (χ4n) is 3.83. The first-order valence-corrected chi connectivity index (χ1v) is 10.3. The molecule has 1 heterocycles. The molecule has 1 aliphatic carbocycles. The zero-order valence-corrected chi connectivity index (χ0v) is 16.3. The molecule has 0 radical (unpaired) electrons. The van der Waals surface area contributed by atoms with E-state index in [1.165, 1.54) is 6.42 Å². The number of guanidine groups is 1. The zero-order chi connectivity index (χ0) is 19.7. The van der Waals surface area contributed by atoms with Gasteiger partial charge in [0.05, 0.1) is 0 Å². The standard InChI is InChI=1S/C19H33F3N4O/c1-2-23-18(24-12-7-6-11-19(20,21)22)25-16-10-13-26(14-16)17(27)15-8-4-3-5-9-15/h15-16H,2-14H2,1H3,(H2,23,24,25). The number of carbonyl (C=O) groups is 1. The number of likely N-dealkylation sites (tertiary alicyclic amines) is 1. The molecule has 2 fully saturated rings. The summed E-state index contributed by atoms with van der Waals surface area (Å²) in [5.41, 5.74) is 0. The van der Waals surface area contributed by atoms with Crippen molar-refractivity contribution in [1.82, 2.24) is 15.5 Å². The SMILES string of the molecule is CCNC(=NCCCCC(F)(F)F)NC1CCN(C(=O)C2CCCCC2)C1. The molecule has 2 rings (SSSR count). The molecule has 1 unspecified atom stereocenters. The molecule has 1 aliphatic heterocycles. The van der Waals surface area contributed by atoms with Crippen LogP contribution in [-0.2, 0) is 4.79 Å². The van der Waals surface area contributed by atoms with Crippen LogP contribution in [0.3, 0.4) is 0 Å². The molecule has 2 N–H and O–H groups in total. The maximum atomic E-state index is 12.6. The fraction of sp³-hybridized carbons (Fsp3) is 0.895. The highest BCUT2D eigenvalue weighted by Gasteiger charge is 2.31. The van der Waals surface area contributed by atoms with E-state index in [1.807, 2.05) is 11.8 Å². The lowest BCUT2D eigenvalue weighted by molar-refractivity contribution is -0.136. The van der Waals surface area contributed by atoms with Gasteiger partial charge >= 0.3 is 6.18 Å². The van der Waals surface area contributed by atoms with Crippen LogP contribution in [0.1, 0.15) is 64.7 Å². The third-order valence-electron chi connectivity index (χ3n) is 5.28. The predicted molar refractivity (Wildman–Crippen MR) is 101 cm³/mol. The molecule has 0 aromatic heterocycles. The Kier molecular flexibility index (Phi) is 8.70. The Bertz CT molecular complexity index is 490. The second-order valence-corrected chi connectivity index (χ2v) is 7.58. The summed E-state index contributed by atoms with van der Waals surface area (Å²) in [7, 11) is 0. The van der Waals surface area contributed by atoms with E-state index in [0.717, 1.165) is 38.6 Å². The second-order valence-electron chi connectivity index (χ2n) is 7.58. The predicted octanol–water partition coefficient (Wildman–Crippen LogP) is 3.46. The maximum absolute atomic E-state index is 12.6. The van der Waals surface area contributed by atoms with Crippen molar-refractivity contribution in [1.29, 1.82) is 0 Å². The van der Waals surface area contributed by atoms with E-state index in [-0.39, 0.29) is 24.3 Å². The highest BCUT2D eigenvalue weighted by molar-refractivity contribution is 5.81. The number of nitrogens with zero attached hydrogens (tertiary/aromatic N) is 2. The van der Waals surface area contributed by atoms with Crippen LogP contribution in [0, 0.1) is 5.92 Å². The van der Waals surface area contributed by atoms with E-state index >= 15 is 0 Å². The number of halogens is 3. The Morgan fingerprint density at radius 2 is 1.89 bits per heavy atom. The first-order chi connectivity index (χ1) is 12.9. The monoisotopic (exact) mass is 390 g/mol. The summed E-state index contributed by atoms with van der Waals surface area (Å²) in [4.78, 5) is 19.0. The van der Waals surface area contributed by atoms with Gasteiger partial charge in [0.25, 0.3) is 0 Å². The van der Waals surface area contributed by atoms with Gasteiger partial charge in [-0.3, -0.25) is 9.79 Å². The van der Waals surface area contributed by atoms with Gasteiger partial charge in [0.15, 0.2) is 5.96 Å². The Labute approximate surface area is 160 Å². The number of carbonyl (C=O) groups excluding carboxylic acids is 1. The summed E-state index contributed by atoms with van der Waals surface area (Å²) < 4.78 is 36.5. The van der Waals surface area contributed by atoms with Crippen molar-refractivity contribution in [3.63, 3.8) is 0 Å². The summed E-state index contributed by atoms with van der Waals surface area (Å²) in [6.45, 7) is 4.44. The van der Waals surface area contributed by atoms with Crippen molar-refractivity contribution in [2.24, 2.45) is 10.9 Å². The van der Waals surface area contributed by atoms with Gasteiger partial charge < -0.3 is 15.5 Å². The number of rotatable bonds is 7. The molecule has 1 amide bonds. The number of nitrogens with one attached hydrogen (secondary N) is 2. The van der Waals surface area contributed by atoms with Gasteiger partial charge in [-0.25, -0.2) is 0 Å². The van der Waals surface area contributed by atoms with Crippen molar-refractivity contribution in [3.05, 3.63) is 0 Å². The minimum absolute atomic E-state index is 0.0967. The molecule has 27 heavy (non-hydrogen) atoms. The van der Waals surface area contributed by atoms with Crippen LogP contribution in [0.2, 0.25) is 0 Å². The molecule has 1 saturated heterocycles. The van der Waals surface area contributed by atoms with Crippen molar-refractivity contribution < 1.29 is 18.0 Å². The summed E-state index contributed by atoms with van der Waals surface area (Å²) in [5.74, 6) is 1.10. The number of hydrogen-bond acceptors (Lipinski definition) is 2. The van der Waals surface area contributed by atoms with Gasteiger partial charge in [0, 0.05) is 44.6 Å². The third-order valence-corrected chi connectivity index (χ3v) is 5.28. The normalized spacial score (nSPS) is 22.1. The van der Waals surface area contributed by atoms with Gasteiger partial charge in [0.2, 0.25) is 5.91 Å². The molecule has 5 nitrogen and oxygen atoms in total. The minimum atomic E-state index is -4.09. The number of unbranched alkanes of at least 4 members (excludes halogenated alkanes) is 1. The molecule has 156 valence electrons. The lowest BCUT2D eigenvalue weighted by Gasteiger charge is -2.26. The largest absolute Gasteiger partial charge is 0.389 e. The number of hydrogen-bond donors (Lipinski definition) is 2. The van der Waals surface area contributed by atoms with Crippen molar-refractivity contribution in [2.75, 3.05) is 26.2 Å². The van der Waals surface area contributed by atoms with Crippen LogP contribution in [0.25, 0.3) is 0 Å². The van der Waals surface area contributed by atoms with Crippen LogP contribution in [0.5, 0.6) is 0 Å². The number of alkyl halides is 3. The molecule has 0 spiro atoms. The van der Waals surface area contributed by atoms with E-state index in [0.29, 0.717) is 32.0 Å². The van der Waals surface area contributed by atoms with E-state index in [4.69, 9.17) is 0 Å². The van der Waals surface area contributed by atoms with Gasteiger partial charge in [-0.15, -0.1) is 0 Å². The molecule has 0 aromatic rings. The summed E-state index contributed by atoms with van der Waals surface area (Å²) in [6.07, 6.45) is 2.08. The van der Waals surface area contributed by atoms with E-state index in [9.17, 15) is 18.0 Å². The molecule has 1 atom stereocenters. The molecule has 2 aliphatic rings. The van der Waals surface area contributed by atoms with Crippen molar-refractivity contribution >= 4 is 11.9 Å². The van der Waals surface area contributed by atoms with E-state index in [2.05, 4.69) is 15.6 Å². The van der Waals surface area contributed by atoms with E-state index in [1.54, 1.807) is 0 Å². The molecule has 8 heteroatoms. The van der Waals surface area contributed by atoms with Gasteiger partial charge in [0.1, 0.15) is 0 Å². The molecule has 0 bridgehead atoms. The molecule has 1 saturated carbocycles. The zero-order valence-electron chi connectivity index (χ0n) is 16.3. The third kappa shape index (κ3) is 7.97. The smallest absolute Gasteiger partial charge is 0.357 e. The lowest BCUT2D eigenvalue weighted by atomic mass is 9.88. The summed E-state index contributed by atoms with van der Waals surface area (Å²) in [5, 5.41) is 6.47. The number of aliphatic imine (C=N–C) groups is 1. The van der Waals surface area contributed by atoms with Crippen LogP contribution in [0.15, 0.2) is 4.99 Å². The molecular formula is C19H33F3N4O. The quantitative estimate of drug-likeness (QED) is 0.398. The Balaban J connectivity index is 1.75. The maximum Gasteiger partial charge on any atom is 0.389 e. The average molecular weight is 390 g/mol. The van der Waals surface area contributed by atoms with Crippen molar-refractivity contribution in [2.45, 2.75) is 76.9 Å². The van der Waals surface area contributed by atoms with Crippen LogP contribution in [-0.4, -0.2) is 55.2 Å². The summed E-state index contributed by atoms with van der Waals surface area (Å²) >= 11 is 0. The average Bonchev–Trinajstić information content (AvgIpc) is 3.09. The second kappa shape index (κ2) is 10.8. The Morgan fingerprint density at radius 3 is 2.56 bits per heavy atom. The van der Waals surface area contributed by atoms with Crippen LogP contribution >= 0.6 is 0 Å². The van der Waals surface area contributed by atoms with Crippen molar-refractivity contribution in [3.8, 4) is 0 Å².